The average Bonchev–Trinajstić information content (AvgIpc) is 2.16. The smallest absolute Gasteiger partial charge is 0.258 e. The first-order valence-electron chi connectivity index (χ1n) is 4.07. The molecule has 0 saturated carbocycles. The quantitative estimate of drug-likeness (QED) is 0.444. The van der Waals surface area contributed by atoms with Gasteiger partial charge in [-0.1, -0.05) is 30.7 Å². The highest BCUT2D eigenvalue weighted by Crippen LogP contribution is 2.25. The molecular weight excluding hydrogens is 269 g/mol. The summed E-state index contributed by atoms with van der Waals surface area (Å²) in [5.74, 6) is 0. The first-order chi connectivity index (χ1) is 6.54. The Kier molecular flexibility index (Phi) is 6.49. The topological polar surface area (TPSA) is 43.1 Å². The van der Waals surface area contributed by atoms with E-state index in [1.807, 2.05) is 6.92 Å². The fourth-order valence-corrected chi connectivity index (χ4v) is 1.14. The molecular formula is C9H11BrClNO2. The minimum Gasteiger partial charge on any atom is -0.258 e. The largest absolute Gasteiger partial charge is 0.288 e. The molecule has 3 nitrogen and oxygen atoms in total. The normalized spacial score (nSPS) is 14.4. The molecule has 0 heterocycles. The van der Waals surface area contributed by atoms with Crippen LogP contribution in [0.4, 0.5) is 0 Å². The molecule has 0 fully saturated rings. The summed E-state index contributed by atoms with van der Waals surface area (Å²) in [6.45, 7) is 3.64. The molecule has 0 aliphatic rings. The second-order valence-corrected chi connectivity index (χ2v) is 3.64. The van der Waals surface area contributed by atoms with Crippen LogP contribution in [-0.4, -0.2) is 4.92 Å². The van der Waals surface area contributed by atoms with Crippen LogP contribution in [0.1, 0.15) is 20.3 Å². The number of nitrogens with zero attached hydrogens (tertiary/aromatic N) is 1. The molecule has 0 aromatic carbocycles. The maximum atomic E-state index is 10.6. The zero-order valence-electron chi connectivity index (χ0n) is 7.96. The predicted octanol–water partition coefficient (Wildman–Crippen LogP) is 3.98. The lowest BCUT2D eigenvalue weighted by atomic mass is 10.3. The average molecular weight is 281 g/mol. The summed E-state index contributed by atoms with van der Waals surface area (Å²) in [4.78, 5) is 10.1. The van der Waals surface area contributed by atoms with Crippen molar-refractivity contribution in [3.8, 4) is 0 Å². The van der Waals surface area contributed by atoms with Crippen molar-refractivity contribution in [1.82, 2.24) is 0 Å². The van der Waals surface area contributed by atoms with Gasteiger partial charge in [-0.3, -0.25) is 10.1 Å². The van der Waals surface area contributed by atoms with E-state index in [9.17, 15) is 10.1 Å². The van der Waals surface area contributed by atoms with Gasteiger partial charge in [0.1, 0.15) is 5.03 Å². The molecule has 0 aromatic heterocycles. The third-order valence-electron chi connectivity index (χ3n) is 1.40. The molecule has 78 valence electrons. The van der Waals surface area contributed by atoms with E-state index in [2.05, 4.69) is 15.9 Å². The lowest BCUT2D eigenvalue weighted by Gasteiger charge is -1.96. The minimum absolute atomic E-state index is 0.0986. The third kappa shape index (κ3) is 4.07. The van der Waals surface area contributed by atoms with E-state index in [0.29, 0.717) is 4.48 Å². The summed E-state index contributed by atoms with van der Waals surface area (Å²) < 4.78 is 0.520. The Bertz CT molecular complexity index is 308. The van der Waals surface area contributed by atoms with Crippen LogP contribution in [0.3, 0.4) is 0 Å². The van der Waals surface area contributed by atoms with Gasteiger partial charge < -0.3 is 0 Å². The Labute approximate surface area is 96.4 Å². The zero-order chi connectivity index (χ0) is 11.1. The Morgan fingerprint density at radius 3 is 2.57 bits per heavy atom. The van der Waals surface area contributed by atoms with Gasteiger partial charge in [-0.15, -0.1) is 0 Å². The van der Waals surface area contributed by atoms with Gasteiger partial charge in [-0.05, 0) is 29.3 Å². The van der Waals surface area contributed by atoms with Gasteiger partial charge in [-0.25, -0.2) is 0 Å². The van der Waals surface area contributed by atoms with Crippen LogP contribution in [0, 0.1) is 10.1 Å². The van der Waals surface area contributed by atoms with Crippen LogP contribution in [0.2, 0.25) is 0 Å². The molecule has 0 rings (SSSR count). The van der Waals surface area contributed by atoms with Crippen molar-refractivity contribution >= 4 is 27.5 Å². The highest BCUT2D eigenvalue weighted by atomic mass is 79.9. The van der Waals surface area contributed by atoms with E-state index in [-0.39, 0.29) is 10.7 Å². The lowest BCUT2D eigenvalue weighted by Crippen LogP contribution is -1.98. The van der Waals surface area contributed by atoms with E-state index < -0.39 is 4.92 Å². The van der Waals surface area contributed by atoms with Crippen LogP contribution in [0.25, 0.3) is 0 Å². The number of halogens is 2. The van der Waals surface area contributed by atoms with Crippen LogP contribution >= 0.6 is 27.5 Å². The second-order valence-electron chi connectivity index (χ2n) is 2.40. The first-order valence-corrected chi connectivity index (χ1v) is 5.24. The van der Waals surface area contributed by atoms with Gasteiger partial charge in [0.15, 0.2) is 0 Å². The van der Waals surface area contributed by atoms with Crippen molar-refractivity contribution in [2.24, 2.45) is 0 Å². The summed E-state index contributed by atoms with van der Waals surface area (Å²) in [6, 6.07) is 0. The van der Waals surface area contributed by atoms with E-state index in [1.165, 1.54) is 6.08 Å². The van der Waals surface area contributed by atoms with E-state index >= 15 is 0 Å². The van der Waals surface area contributed by atoms with Gasteiger partial charge in [0, 0.05) is 10.6 Å². The van der Waals surface area contributed by atoms with Gasteiger partial charge >= 0.3 is 0 Å². The Hall–Kier alpha value is -0.610. The Balaban J connectivity index is 5.16. The van der Waals surface area contributed by atoms with Crippen molar-refractivity contribution in [2.45, 2.75) is 20.3 Å². The molecule has 0 unspecified atom stereocenters. The minimum atomic E-state index is -0.501. The summed E-state index contributed by atoms with van der Waals surface area (Å²) in [5, 5.41) is 10.7. The fraction of sp³-hybridized carbons (Fsp3) is 0.333. The van der Waals surface area contributed by atoms with Crippen molar-refractivity contribution in [2.75, 3.05) is 0 Å². The SMILES string of the molecule is C\C=C(Br)/C(Cl)=C(\C=C\CC)[N+](=O)[O-]. The maximum absolute atomic E-state index is 10.6. The number of nitro groups is 1. The molecule has 14 heavy (non-hydrogen) atoms. The Morgan fingerprint density at radius 2 is 2.21 bits per heavy atom. The van der Waals surface area contributed by atoms with Crippen LogP contribution in [-0.2, 0) is 0 Å². The molecule has 0 radical (unpaired) electrons. The molecule has 0 atom stereocenters. The number of hydrogen-bond donors (Lipinski definition) is 0. The third-order valence-corrected chi connectivity index (χ3v) is 2.88. The Morgan fingerprint density at radius 1 is 1.64 bits per heavy atom. The van der Waals surface area contributed by atoms with Crippen molar-refractivity contribution in [1.29, 1.82) is 0 Å². The van der Waals surface area contributed by atoms with Gasteiger partial charge in [0.25, 0.3) is 5.70 Å². The molecule has 0 bridgehead atoms. The molecule has 0 aromatic rings. The summed E-state index contributed by atoms with van der Waals surface area (Å²) in [6.07, 6.45) is 5.49. The first kappa shape index (κ1) is 13.4. The van der Waals surface area contributed by atoms with E-state index in [4.69, 9.17) is 11.6 Å². The second kappa shape index (κ2) is 6.79. The highest BCUT2D eigenvalue weighted by molar-refractivity contribution is 9.12. The van der Waals surface area contributed by atoms with Crippen molar-refractivity contribution < 1.29 is 4.92 Å². The van der Waals surface area contributed by atoms with E-state index in [0.717, 1.165) is 6.42 Å². The maximum Gasteiger partial charge on any atom is 0.288 e. The monoisotopic (exact) mass is 279 g/mol. The highest BCUT2D eigenvalue weighted by Gasteiger charge is 2.15. The summed E-state index contributed by atoms with van der Waals surface area (Å²) in [7, 11) is 0. The zero-order valence-corrected chi connectivity index (χ0v) is 10.3. The van der Waals surface area contributed by atoms with Gasteiger partial charge in [0.2, 0.25) is 0 Å². The van der Waals surface area contributed by atoms with Crippen LogP contribution in [0.15, 0.2) is 33.4 Å². The standard InChI is InChI=1S/C9H11BrClNO2/c1-3-5-6-8(12(13)14)9(11)7(10)4-2/h4-6H,3H2,1-2H3/b6-5+,7-4+,9-8-. The fourth-order valence-electron chi connectivity index (χ4n) is 0.693. The molecule has 0 saturated heterocycles. The molecule has 5 heteroatoms. The van der Waals surface area contributed by atoms with E-state index in [1.54, 1.807) is 19.1 Å². The molecule has 0 aliphatic carbocycles. The number of hydrogen-bond acceptors (Lipinski definition) is 2. The van der Waals surface area contributed by atoms with Gasteiger partial charge in [0.05, 0.1) is 4.92 Å². The molecule has 0 amide bonds. The van der Waals surface area contributed by atoms with Crippen molar-refractivity contribution in [3.63, 3.8) is 0 Å². The molecule has 0 spiro atoms. The number of rotatable bonds is 4. The summed E-state index contributed by atoms with van der Waals surface area (Å²) in [5.41, 5.74) is -0.0986. The summed E-state index contributed by atoms with van der Waals surface area (Å²) >= 11 is 8.94. The van der Waals surface area contributed by atoms with Crippen molar-refractivity contribution in [3.05, 3.63) is 43.6 Å². The molecule has 0 N–H and O–H groups in total. The van der Waals surface area contributed by atoms with Gasteiger partial charge in [-0.2, -0.15) is 0 Å². The van der Waals surface area contributed by atoms with Crippen LogP contribution < -0.4 is 0 Å². The lowest BCUT2D eigenvalue weighted by molar-refractivity contribution is -0.419. The van der Waals surface area contributed by atoms with Crippen LogP contribution in [0.5, 0.6) is 0 Å². The molecule has 0 aliphatic heterocycles. The predicted molar refractivity (Wildman–Crippen MR) is 62.0 cm³/mol. The number of allylic oxidation sites excluding steroid dienone is 5.